The number of para-hydroxylation sites is 1. The van der Waals surface area contributed by atoms with E-state index in [1.807, 2.05) is 57.8 Å². The molecule has 9 nitrogen and oxygen atoms in total. The molecule has 39 heavy (non-hydrogen) atoms. The van der Waals surface area contributed by atoms with Crippen LogP contribution in [0.3, 0.4) is 0 Å². The second kappa shape index (κ2) is 12.2. The fourth-order valence-corrected chi connectivity index (χ4v) is 5.11. The third-order valence-corrected chi connectivity index (χ3v) is 7.53. The Balaban J connectivity index is 1.19. The van der Waals surface area contributed by atoms with E-state index in [0.29, 0.717) is 67.0 Å². The van der Waals surface area contributed by atoms with Gasteiger partial charge in [0.1, 0.15) is 18.2 Å². The summed E-state index contributed by atoms with van der Waals surface area (Å²) in [4.78, 5) is 30.5. The highest BCUT2D eigenvalue weighted by atomic mass is 35.5. The first-order valence-electron chi connectivity index (χ1n) is 13.6. The van der Waals surface area contributed by atoms with Gasteiger partial charge in [-0.05, 0) is 48.7 Å². The number of rotatable bonds is 10. The number of ether oxygens (including phenoxy) is 1. The van der Waals surface area contributed by atoms with E-state index in [9.17, 15) is 9.59 Å². The quantitative estimate of drug-likeness (QED) is 0.298. The number of aromatic nitrogens is 4. The van der Waals surface area contributed by atoms with E-state index < -0.39 is 0 Å². The highest BCUT2D eigenvalue weighted by molar-refractivity contribution is 6.30. The molecule has 206 valence electrons. The van der Waals surface area contributed by atoms with Gasteiger partial charge in [0.15, 0.2) is 0 Å². The Hall–Kier alpha value is -3.43. The van der Waals surface area contributed by atoms with E-state index in [-0.39, 0.29) is 11.5 Å². The Morgan fingerprint density at radius 2 is 1.74 bits per heavy atom. The molecule has 0 atom stereocenters. The zero-order chi connectivity index (χ0) is 27.4. The fourth-order valence-electron chi connectivity index (χ4n) is 4.99. The molecule has 5 rings (SSSR count). The van der Waals surface area contributed by atoms with Crippen molar-refractivity contribution in [1.82, 2.24) is 29.0 Å². The second-order valence-corrected chi connectivity index (χ2v) is 10.9. The zero-order valence-electron chi connectivity index (χ0n) is 22.6. The van der Waals surface area contributed by atoms with E-state index >= 15 is 0 Å². The molecule has 0 bridgehead atoms. The maximum atomic E-state index is 13.2. The van der Waals surface area contributed by atoms with Crippen molar-refractivity contribution in [2.24, 2.45) is 5.92 Å². The number of aryl methyl sites for hydroxylation is 2. The van der Waals surface area contributed by atoms with Crippen molar-refractivity contribution in [1.29, 1.82) is 0 Å². The Kier molecular flexibility index (Phi) is 8.47. The first-order valence-corrected chi connectivity index (χ1v) is 14.0. The third-order valence-electron chi connectivity index (χ3n) is 7.28. The number of nitrogens with zero attached hydrogens (tertiary/aromatic N) is 6. The molecule has 0 unspecified atom stereocenters. The summed E-state index contributed by atoms with van der Waals surface area (Å²) < 4.78 is 9.47. The summed E-state index contributed by atoms with van der Waals surface area (Å²) in [5, 5.41) is 10.1. The standard InChI is InChI=1S/C29H35ClN6O3/c1-21(2)13-14-35-28(38)24-5-3-4-6-25(24)36-26(31-32-29(35)36)11-12-27(37)34-17-15-33(16-18-34)19-20-39-23-9-7-22(30)8-10-23/h3-10,21H,11-20H2,1-2H3. The van der Waals surface area contributed by atoms with Crippen molar-refractivity contribution in [3.05, 3.63) is 69.7 Å². The van der Waals surface area contributed by atoms with Gasteiger partial charge in [0.2, 0.25) is 11.7 Å². The van der Waals surface area contributed by atoms with Crippen LogP contribution >= 0.6 is 11.6 Å². The molecule has 0 N–H and O–H groups in total. The van der Waals surface area contributed by atoms with E-state index in [1.54, 1.807) is 4.57 Å². The van der Waals surface area contributed by atoms with Gasteiger partial charge in [-0.2, -0.15) is 0 Å². The fraction of sp³-hybridized carbons (Fsp3) is 0.448. The maximum Gasteiger partial charge on any atom is 0.262 e. The molecule has 2 aromatic heterocycles. The number of carbonyl (C=O) groups excluding carboxylic acids is 1. The van der Waals surface area contributed by atoms with E-state index in [4.69, 9.17) is 16.3 Å². The van der Waals surface area contributed by atoms with Crippen LogP contribution in [0.4, 0.5) is 0 Å². The molecule has 0 radical (unpaired) electrons. The van der Waals surface area contributed by atoms with Gasteiger partial charge < -0.3 is 9.64 Å². The molecule has 1 amide bonds. The van der Waals surface area contributed by atoms with Crippen LogP contribution in [0.15, 0.2) is 53.3 Å². The van der Waals surface area contributed by atoms with Crippen molar-refractivity contribution in [2.75, 3.05) is 39.3 Å². The first kappa shape index (κ1) is 27.1. The second-order valence-electron chi connectivity index (χ2n) is 10.4. The molecule has 4 aromatic rings. The first-order chi connectivity index (χ1) is 18.9. The monoisotopic (exact) mass is 550 g/mol. The number of benzene rings is 2. The van der Waals surface area contributed by atoms with Crippen LogP contribution in [0.1, 0.15) is 32.5 Å². The van der Waals surface area contributed by atoms with Crippen LogP contribution in [0, 0.1) is 5.92 Å². The van der Waals surface area contributed by atoms with Crippen molar-refractivity contribution in [3.63, 3.8) is 0 Å². The van der Waals surface area contributed by atoms with Crippen LogP contribution < -0.4 is 10.3 Å². The van der Waals surface area contributed by atoms with Gasteiger partial charge in [-0.25, -0.2) is 0 Å². The zero-order valence-corrected chi connectivity index (χ0v) is 23.3. The molecular formula is C29H35ClN6O3. The number of piperazine rings is 1. The number of amides is 1. The summed E-state index contributed by atoms with van der Waals surface area (Å²) >= 11 is 5.92. The molecule has 10 heteroatoms. The molecule has 1 aliphatic rings. The average Bonchev–Trinajstić information content (AvgIpc) is 3.37. The molecule has 0 saturated carbocycles. The largest absolute Gasteiger partial charge is 0.492 e. The van der Waals surface area contributed by atoms with Crippen LogP contribution in [-0.4, -0.2) is 74.2 Å². The minimum Gasteiger partial charge on any atom is -0.492 e. The molecule has 1 fully saturated rings. The van der Waals surface area contributed by atoms with E-state index in [0.717, 1.165) is 37.3 Å². The lowest BCUT2D eigenvalue weighted by Crippen LogP contribution is -2.49. The highest BCUT2D eigenvalue weighted by Crippen LogP contribution is 2.18. The molecule has 1 saturated heterocycles. The van der Waals surface area contributed by atoms with Gasteiger partial charge in [-0.15, -0.1) is 10.2 Å². The van der Waals surface area contributed by atoms with Crippen molar-refractivity contribution in [2.45, 2.75) is 39.7 Å². The number of carbonyl (C=O) groups is 1. The summed E-state index contributed by atoms with van der Waals surface area (Å²) in [5.41, 5.74) is 0.727. The van der Waals surface area contributed by atoms with Crippen LogP contribution in [-0.2, 0) is 17.8 Å². The van der Waals surface area contributed by atoms with Crippen LogP contribution in [0.5, 0.6) is 5.75 Å². The maximum absolute atomic E-state index is 13.2. The minimum atomic E-state index is -0.0507. The lowest BCUT2D eigenvalue weighted by molar-refractivity contribution is -0.133. The lowest BCUT2D eigenvalue weighted by Gasteiger charge is -2.34. The smallest absolute Gasteiger partial charge is 0.262 e. The van der Waals surface area contributed by atoms with Gasteiger partial charge in [0.25, 0.3) is 5.56 Å². The summed E-state index contributed by atoms with van der Waals surface area (Å²) in [6.45, 7) is 9.27. The molecule has 3 heterocycles. The van der Waals surface area contributed by atoms with Crippen molar-refractivity contribution >= 4 is 34.2 Å². The molecular weight excluding hydrogens is 516 g/mol. The predicted octanol–water partition coefficient (Wildman–Crippen LogP) is 3.90. The van der Waals surface area contributed by atoms with Crippen molar-refractivity contribution in [3.8, 4) is 5.75 Å². The van der Waals surface area contributed by atoms with Gasteiger partial charge in [0.05, 0.1) is 10.9 Å². The Morgan fingerprint density at radius 3 is 2.49 bits per heavy atom. The summed E-state index contributed by atoms with van der Waals surface area (Å²) in [7, 11) is 0. The molecule has 2 aromatic carbocycles. The average molecular weight is 551 g/mol. The van der Waals surface area contributed by atoms with Gasteiger partial charge in [-0.3, -0.25) is 23.5 Å². The number of halogens is 1. The van der Waals surface area contributed by atoms with E-state index in [1.165, 1.54) is 0 Å². The van der Waals surface area contributed by atoms with Gasteiger partial charge >= 0.3 is 0 Å². The van der Waals surface area contributed by atoms with Crippen molar-refractivity contribution < 1.29 is 9.53 Å². The summed E-state index contributed by atoms with van der Waals surface area (Å²) in [6.07, 6.45) is 1.68. The third kappa shape index (κ3) is 6.25. The molecule has 1 aliphatic heterocycles. The normalized spacial score (nSPS) is 14.5. The SMILES string of the molecule is CC(C)CCn1c(=O)c2ccccc2n2c(CCC(=O)N3CCN(CCOc4ccc(Cl)cc4)CC3)nnc12. The van der Waals surface area contributed by atoms with Crippen LogP contribution in [0.2, 0.25) is 5.02 Å². The lowest BCUT2D eigenvalue weighted by atomic mass is 10.1. The number of fused-ring (bicyclic) bond motifs is 3. The number of hydrogen-bond donors (Lipinski definition) is 0. The van der Waals surface area contributed by atoms with E-state index in [2.05, 4.69) is 28.9 Å². The number of hydrogen-bond acceptors (Lipinski definition) is 6. The summed E-state index contributed by atoms with van der Waals surface area (Å²) in [5.74, 6) is 2.61. The van der Waals surface area contributed by atoms with Crippen LogP contribution in [0.25, 0.3) is 16.7 Å². The summed E-state index contributed by atoms with van der Waals surface area (Å²) in [6, 6.07) is 14.9. The Labute approximate surface area is 232 Å². The topological polar surface area (TPSA) is 85.0 Å². The molecule has 0 spiro atoms. The minimum absolute atomic E-state index is 0.0507. The van der Waals surface area contributed by atoms with Gasteiger partial charge in [-0.1, -0.05) is 37.6 Å². The highest BCUT2D eigenvalue weighted by Gasteiger charge is 2.22. The Bertz CT molecular complexity index is 1490. The predicted molar refractivity (Wildman–Crippen MR) is 152 cm³/mol. The van der Waals surface area contributed by atoms with Gasteiger partial charge in [0, 0.05) is 57.1 Å². The molecule has 0 aliphatic carbocycles. The Morgan fingerprint density at radius 1 is 1.00 bits per heavy atom.